The summed E-state index contributed by atoms with van der Waals surface area (Å²) in [5.74, 6) is 1.30. The molecule has 0 fully saturated rings. The number of H-pyrrole nitrogens is 1. The number of nitrogens with one attached hydrogen (secondary N) is 2. The monoisotopic (exact) mass is 345 g/mol. The molecule has 6 nitrogen and oxygen atoms in total. The number of halogens is 1. The van der Waals surface area contributed by atoms with Crippen molar-refractivity contribution in [3.8, 4) is 5.75 Å². The van der Waals surface area contributed by atoms with Gasteiger partial charge < -0.3 is 20.1 Å². The van der Waals surface area contributed by atoms with Crippen molar-refractivity contribution in [2.45, 2.75) is 12.5 Å². The van der Waals surface area contributed by atoms with E-state index in [2.05, 4.69) is 15.3 Å². The number of fused-ring (bicyclic) bond motifs is 1. The summed E-state index contributed by atoms with van der Waals surface area (Å²) < 4.78 is 5.13. The highest BCUT2D eigenvalue weighted by molar-refractivity contribution is 6.31. The van der Waals surface area contributed by atoms with E-state index >= 15 is 0 Å². The molecule has 3 rings (SSSR count). The molecule has 0 spiro atoms. The fourth-order valence-electron chi connectivity index (χ4n) is 2.53. The molecule has 1 amide bonds. The second-order valence-electron chi connectivity index (χ2n) is 5.34. The van der Waals surface area contributed by atoms with Crippen molar-refractivity contribution in [1.29, 1.82) is 0 Å². The Kier molecular flexibility index (Phi) is 4.57. The molecule has 0 saturated carbocycles. The average molecular weight is 346 g/mol. The van der Waals surface area contributed by atoms with Gasteiger partial charge in [-0.2, -0.15) is 0 Å². The molecule has 0 bridgehead atoms. The molecule has 7 heteroatoms. The third kappa shape index (κ3) is 3.60. The van der Waals surface area contributed by atoms with Crippen LogP contribution in [-0.4, -0.2) is 28.3 Å². The number of nitrogens with zero attached hydrogens (tertiary/aromatic N) is 1. The van der Waals surface area contributed by atoms with Crippen LogP contribution in [0, 0.1) is 0 Å². The van der Waals surface area contributed by atoms with E-state index in [-0.39, 0.29) is 0 Å². The predicted molar refractivity (Wildman–Crippen MR) is 91.7 cm³/mol. The first-order valence-electron chi connectivity index (χ1n) is 7.32. The zero-order valence-electron chi connectivity index (χ0n) is 12.9. The lowest BCUT2D eigenvalue weighted by atomic mass is 10.1. The van der Waals surface area contributed by atoms with E-state index in [1.165, 1.54) is 0 Å². The molecule has 1 aromatic heterocycles. The van der Waals surface area contributed by atoms with Crippen LogP contribution < -0.4 is 10.1 Å². The first-order valence-corrected chi connectivity index (χ1v) is 7.70. The molecule has 124 valence electrons. The number of hydrogen-bond donors (Lipinski definition) is 3. The maximum absolute atomic E-state index is 11.1. The third-order valence-corrected chi connectivity index (χ3v) is 3.92. The summed E-state index contributed by atoms with van der Waals surface area (Å²) in [6.45, 7) is 0. The Hall–Kier alpha value is -2.73. The van der Waals surface area contributed by atoms with Crippen molar-refractivity contribution < 1.29 is 14.6 Å². The summed E-state index contributed by atoms with van der Waals surface area (Å²) in [6.07, 6.45) is -0.642. The average Bonchev–Trinajstić information content (AvgIpc) is 2.97. The number of hydrogen-bond acceptors (Lipinski definition) is 3. The zero-order chi connectivity index (χ0) is 17.1. The highest BCUT2D eigenvalue weighted by atomic mass is 35.5. The Morgan fingerprint density at radius 2 is 2.08 bits per heavy atom. The number of imidazole rings is 1. The van der Waals surface area contributed by atoms with Crippen LogP contribution >= 0.6 is 11.6 Å². The fourth-order valence-corrected chi connectivity index (χ4v) is 2.70. The van der Waals surface area contributed by atoms with Crippen LogP contribution in [0.15, 0.2) is 42.5 Å². The largest absolute Gasteiger partial charge is 0.497 e. The van der Waals surface area contributed by atoms with Crippen LogP contribution in [0.3, 0.4) is 0 Å². The quantitative estimate of drug-likeness (QED) is 0.656. The molecule has 1 atom stereocenters. The van der Waals surface area contributed by atoms with Gasteiger partial charge >= 0.3 is 6.09 Å². The second kappa shape index (κ2) is 6.80. The van der Waals surface area contributed by atoms with E-state index in [9.17, 15) is 4.79 Å². The number of carboxylic acid groups (broad SMARTS) is 1. The smallest absolute Gasteiger partial charge is 0.405 e. The number of ether oxygens (including phenoxy) is 1. The van der Waals surface area contributed by atoms with Crippen LogP contribution in [-0.2, 0) is 6.42 Å². The van der Waals surface area contributed by atoms with Gasteiger partial charge in [-0.05, 0) is 35.9 Å². The molecule has 0 aliphatic rings. The molecule has 0 saturated heterocycles. The number of aromatic amines is 1. The van der Waals surface area contributed by atoms with Gasteiger partial charge in [0, 0.05) is 11.4 Å². The van der Waals surface area contributed by atoms with Crippen LogP contribution in [0.1, 0.15) is 17.4 Å². The lowest BCUT2D eigenvalue weighted by Gasteiger charge is -2.15. The third-order valence-electron chi connectivity index (χ3n) is 3.69. The van der Waals surface area contributed by atoms with Gasteiger partial charge in [-0.25, -0.2) is 9.78 Å². The van der Waals surface area contributed by atoms with E-state index < -0.39 is 12.1 Å². The number of amides is 1. The molecular weight excluding hydrogens is 330 g/mol. The van der Waals surface area contributed by atoms with Crippen LogP contribution in [0.4, 0.5) is 4.79 Å². The molecule has 0 aliphatic carbocycles. The number of aromatic nitrogens is 2. The van der Waals surface area contributed by atoms with Crippen molar-refractivity contribution in [3.63, 3.8) is 0 Å². The minimum Gasteiger partial charge on any atom is -0.497 e. The normalized spacial score (nSPS) is 12.1. The summed E-state index contributed by atoms with van der Waals surface area (Å²) in [6, 6.07) is 12.3. The minimum atomic E-state index is -1.10. The summed E-state index contributed by atoms with van der Waals surface area (Å²) >= 11 is 5.98. The van der Waals surface area contributed by atoms with Gasteiger partial charge in [0.15, 0.2) is 0 Å². The maximum atomic E-state index is 11.1. The van der Waals surface area contributed by atoms with Crippen molar-refractivity contribution >= 4 is 28.7 Å². The molecule has 3 N–H and O–H groups in total. The molecule has 0 radical (unpaired) electrons. The minimum absolute atomic E-state index is 0.462. The van der Waals surface area contributed by atoms with Gasteiger partial charge in [0.2, 0.25) is 0 Å². The number of rotatable bonds is 5. The van der Waals surface area contributed by atoms with Gasteiger partial charge in [0.25, 0.3) is 0 Å². The Morgan fingerprint density at radius 1 is 1.33 bits per heavy atom. The highest BCUT2D eigenvalue weighted by Gasteiger charge is 2.19. The standard InChI is InChI=1S/C17H16ClN3O3/c1-24-12-5-2-10(3-6-12)8-15(21-17(22)23)16-19-13-7-4-11(18)9-14(13)20-16/h2-7,9,15,21H,8H2,1H3,(H,19,20)(H,22,23). The zero-order valence-corrected chi connectivity index (χ0v) is 13.7. The number of methoxy groups -OCH3 is 1. The summed E-state index contributed by atoms with van der Waals surface area (Å²) in [4.78, 5) is 18.8. The molecule has 3 aromatic rings. The van der Waals surface area contributed by atoms with E-state index in [0.29, 0.717) is 17.3 Å². The van der Waals surface area contributed by atoms with Gasteiger partial charge in [-0.3, -0.25) is 0 Å². The van der Waals surface area contributed by atoms with E-state index in [1.54, 1.807) is 25.3 Å². The van der Waals surface area contributed by atoms with Gasteiger partial charge in [-0.15, -0.1) is 0 Å². The van der Waals surface area contributed by atoms with Crippen molar-refractivity contribution in [3.05, 3.63) is 58.9 Å². The van der Waals surface area contributed by atoms with Crippen LogP contribution in [0.2, 0.25) is 5.02 Å². The fraction of sp³-hybridized carbons (Fsp3) is 0.176. The first kappa shape index (κ1) is 16.1. The van der Waals surface area contributed by atoms with Gasteiger partial charge in [0.1, 0.15) is 11.6 Å². The first-order chi connectivity index (χ1) is 11.5. The summed E-state index contributed by atoms with van der Waals surface area (Å²) in [5, 5.41) is 12.2. The van der Waals surface area contributed by atoms with Crippen molar-refractivity contribution in [2.24, 2.45) is 0 Å². The van der Waals surface area contributed by atoms with Crippen LogP contribution in [0.25, 0.3) is 11.0 Å². The summed E-state index contributed by atoms with van der Waals surface area (Å²) in [7, 11) is 1.60. The molecule has 2 aromatic carbocycles. The van der Waals surface area contributed by atoms with E-state index in [1.807, 2.05) is 24.3 Å². The molecule has 1 unspecified atom stereocenters. The predicted octanol–water partition coefficient (Wildman–Crippen LogP) is 3.78. The SMILES string of the molecule is COc1ccc(CC(NC(=O)O)c2nc3ccc(Cl)cc3[nH]2)cc1. The Bertz CT molecular complexity index is 861. The Balaban J connectivity index is 1.90. The van der Waals surface area contributed by atoms with Crippen molar-refractivity contribution in [1.82, 2.24) is 15.3 Å². The Labute approximate surface area is 143 Å². The van der Waals surface area contributed by atoms with Crippen LogP contribution in [0.5, 0.6) is 5.75 Å². The number of benzene rings is 2. The number of carbonyl (C=O) groups is 1. The highest BCUT2D eigenvalue weighted by Crippen LogP contribution is 2.23. The lowest BCUT2D eigenvalue weighted by Crippen LogP contribution is -2.29. The van der Waals surface area contributed by atoms with E-state index in [0.717, 1.165) is 22.3 Å². The van der Waals surface area contributed by atoms with Crippen molar-refractivity contribution in [2.75, 3.05) is 7.11 Å². The molecule has 1 heterocycles. The Morgan fingerprint density at radius 3 is 2.75 bits per heavy atom. The van der Waals surface area contributed by atoms with Gasteiger partial charge in [-0.1, -0.05) is 23.7 Å². The van der Waals surface area contributed by atoms with Gasteiger partial charge in [0.05, 0.1) is 24.2 Å². The van der Waals surface area contributed by atoms with E-state index in [4.69, 9.17) is 21.4 Å². The topological polar surface area (TPSA) is 87.2 Å². The summed E-state index contributed by atoms with van der Waals surface area (Å²) in [5.41, 5.74) is 2.47. The second-order valence-corrected chi connectivity index (χ2v) is 5.77. The lowest BCUT2D eigenvalue weighted by molar-refractivity contribution is 0.189. The molecular formula is C17H16ClN3O3. The molecule has 24 heavy (non-hydrogen) atoms. The molecule has 0 aliphatic heterocycles. The maximum Gasteiger partial charge on any atom is 0.405 e.